The number of hydrogen-bond donors (Lipinski definition) is 2. The average molecular weight is 244 g/mol. The molecule has 0 amide bonds. The van der Waals surface area contributed by atoms with Crippen LogP contribution in [0.1, 0.15) is 32.8 Å². The number of phenols is 1. The molecule has 0 saturated carbocycles. The fourth-order valence-corrected chi connectivity index (χ4v) is 2.22. The first kappa shape index (κ1) is 12.9. The second-order valence-corrected chi connectivity index (χ2v) is 5.89. The topological polar surface area (TPSA) is 40.5 Å². The molecule has 18 heavy (non-hydrogen) atoms. The monoisotopic (exact) mass is 244 g/mol. The quantitative estimate of drug-likeness (QED) is 0.793. The minimum atomic E-state index is -1.10. The number of rotatable bonds is 1. The van der Waals surface area contributed by atoms with Gasteiger partial charge in [0.05, 0.1) is 0 Å². The van der Waals surface area contributed by atoms with Crippen molar-refractivity contribution >= 4 is 0 Å². The predicted molar refractivity (Wildman–Crippen MR) is 73.3 cm³/mol. The molecule has 2 heteroatoms. The molecule has 0 fully saturated rings. The Bertz CT molecular complexity index is 506. The molecule has 2 N–H and O–H groups in total. The summed E-state index contributed by atoms with van der Waals surface area (Å²) in [7, 11) is 0. The summed E-state index contributed by atoms with van der Waals surface area (Å²) in [6.45, 7) is 6.44. The minimum Gasteiger partial charge on any atom is -0.508 e. The molecule has 2 rings (SSSR count). The fourth-order valence-electron chi connectivity index (χ4n) is 2.22. The molecule has 0 aliphatic heterocycles. The highest BCUT2D eigenvalue weighted by Crippen LogP contribution is 2.39. The third kappa shape index (κ3) is 2.34. The number of hydrogen-bond acceptors (Lipinski definition) is 2. The number of benzene rings is 1. The highest BCUT2D eigenvalue weighted by Gasteiger charge is 2.31. The molecular formula is C16H20O2. The molecule has 2 nitrogen and oxygen atoms in total. The Morgan fingerprint density at radius 3 is 2.33 bits per heavy atom. The number of para-hydroxylation sites is 1. The molecule has 1 atom stereocenters. The van der Waals surface area contributed by atoms with Gasteiger partial charge in [-0.25, -0.2) is 0 Å². The van der Waals surface area contributed by atoms with Crippen LogP contribution >= 0.6 is 0 Å². The maximum absolute atomic E-state index is 10.6. The first-order chi connectivity index (χ1) is 8.33. The van der Waals surface area contributed by atoms with Gasteiger partial charge in [-0.1, -0.05) is 51.1 Å². The number of phenolic OH excluding ortho intramolecular Hbond substituents is 1. The van der Waals surface area contributed by atoms with Gasteiger partial charge in [-0.2, -0.15) is 0 Å². The van der Waals surface area contributed by atoms with Gasteiger partial charge in [0.2, 0.25) is 0 Å². The molecule has 1 aliphatic rings. The Kier molecular flexibility index (Phi) is 3.07. The van der Waals surface area contributed by atoms with Crippen molar-refractivity contribution in [3.8, 4) is 5.75 Å². The molecule has 0 saturated heterocycles. The van der Waals surface area contributed by atoms with E-state index >= 15 is 0 Å². The van der Waals surface area contributed by atoms with E-state index in [0.29, 0.717) is 12.0 Å². The lowest BCUT2D eigenvalue weighted by Crippen LogP contribution is -2.25. The van der Waals surface area contributed by atoms with Gasteiger partial charge >= 0.3 is 0 Å². The maximum atomic E-state index is 10.6. The summed E-state index contributed by atoms with van der Waals surface area (Å²) in [5, 5.41) is 20.5. The zero-order valence-electron chi connectivity index (χ0n) is 11.1. The minimum absolute atomic E-state index is 0.0799. The molecule has 0 bridgehead atoms. The van der Waals surface area contributed by atoms with Crippen LogP contribution in [0.3, 0.4) is 0 Å². The Labute approximate surface area is 108 Å². The van der Waals surface area contributed by atoms with Gasteiger partial charge in [-0.15, -0.1) is 0 Å². The van der Waals surface area contributed by atoms with Gasteiger partial charge in [0, 0.05) is 12.0 Å². The second kappa shape index (κ2) is 4.29. The summed E-state index contributed by atoms with van der Waals surface area (Å²) in [5.74, 6) is 0.136. The molecule has 96 valence electrons. The van der Waals surface area contributed by atoms with Gasteiger partial charge in [-0.05, 0) is 23.1 Å². The highest BCUT2D eigenvalue weighted by atomic mass is 16.3. The van der Waals surface area contributed by atoms with Crippen LogP contribution in [0.25, 0.3) is 0 Å². The predicted octanol–water partition coefficient (Wildman–Crippen LogP) is 3.51. The van der Waals surface area contributed by atoms with E-state index in [4.69, 9.17) is 0 Å². The largest absolute Gasteiger partial charge is 0.508 e. The van der Waals surface area contributed by atoms with Crippen LogP contribution in [-0.2, 0) is 5.60 Å². The van der Waals surface area contributed by atoms with Gasteiger partial charge < -0.3 is 10.2 Å². The second-order valence-electron chi connectivity index (χ2n) is 5.89. The summed E-state index contributed by atoms with van der Waals surface area (Å²) in [5.41, 5.74) is 0.754. The first-order valence-electron chi connectivity index (χ1n) is 6.24. The number of aliphatic hydroxyl groups is 1. The standard InChI is InChI=1S/C16H20O2/c1-15(2,3)12-8-10-16(18,11-9-12)13-6-4-5-7-14(13)17/h4-10,17-18H,11H2,1-3H3. The molecule has 0 radical (unpaired) electrons. The lowest BCUT2D eigenvalue weighted by molar-refractivity contribution is 0.0876. The van der Waals surface area contributed by atoms with Gasteiger partial charge in [0.15, 0.2) is 0 Å². The summed E-state index contributed by atoms with van der Waals surface area (Å²) in [4.78, 5) is 0. The van der Waals surface area contributed by atoms with E-state index in [1.54, 1.807) is 24.3 Å². The SMILES string of the molecule is CC(C)(C)C1=CCC(O)(c2ccccc2O)C=C1. The molecule has 0 aromatic heterocycles. The van der Waals surface area contributed by atoms with Crippen molar-refractivity contribution in [3.63, 3.8) is 0 Å². The molecular weight excluding hydrogens is 224 g/mol. The van der Waals surface area contributed by atoms with E-state index < -0.39 is 5.60 Å². The molecule has 1 aliphatic carbocycles. The zero-order valence-corrected chi connectivity index (χ0v) is 11.1. The van der Waals surface area contributed by atoms with Crippen LogP contribution in [0, 0.1) is 5.41 Å². The van der Waals surface area contributed by atoms with E-state index in [1.165, 1.54) is 5.57 Å². The zero-order chi connectivity index (χ0) is 13.4. The Morgan fingerprint density at radius 2 is 1.83 bits per heavy atom. The van der Waals surface area contributed by atoms with Crippen molar-refractivity contribution in [3.05, 3.63) is 53.6 Å². The highest BCUT2D eigenvalue weighted by molar-refractivity contribution is 5.44. The van der Waals surface area contributed by atoms with Crippen molar-refractivity contribution in [2.75, 3.05) is 0 Å². The summed E-state index contributed by atoms with van der Waals surface area (Å²) in [6, 6.07) is 6.94. The van der Waals surface area contributed by atoms with Gasteiger partial charge in [-0.3, -0.25) is 0 Å². The lowest BCUT2D eigenvalue weighted by Gasteiger charge is -2.31. The van der Waals surface area contributed by atoms with Gasteiger partial charge in [0.25, 0.3) is 0 Å². The van der Waals surface area contributed by atoms with E-state index in [9.17, 15) is 10.2 Å². The van der Waals surface area contributed by atoms with E-state index in [-0.39, 0.29) is 11.2 Å². The summed E-state index contributed by atoms with van der Waals surface area (Å²) < 4.78 is 0. The Hall–Kier alpha value is -1.54. The van der Waals surface area contributed by atoms with Crippen LogP contribution in [0.4, 0.5) is 0 Å². The van der Waals surface area contributed by atoms with Crippen LogP contribution in [-0.4, -0.2) is 10.2 Å². The molecule has 1 unspecified atom stereocenters. The molecule has 1 aromatic carbocycles. The average Bonchev–Trinajstić information content (AvgIpc) is 2.28. The van der Waals surface area contributed by atoms with Crippen LogP contribution < -0.4 is 0 Å². The van der Waals surface area contributed by atoms with Crippen molar-refractivity contribution < 1.29 is 10.2 Å². The Morgan fingerprint density at radius 1 is 1.17 bits per heavy atom. The van der Waals surface area contributed by atoms with E-state index in [1.807, 2.05) is 18.2 Å². The van der Waals surface area contributed by atoms with Crippen molar-refractivity contribution in [2.24, 2.45) is 5.41 Å². The summed E-state index contributed by atoms with van der Waals surface area (Å²) in [6.07, 6.45) is 6.28. The Balaban J connectivity index is 2.32. The van der Waals surface area contributed by atoms with Crippen LogP contribution in [0.15, 0.2) is 48.1 Å². The van der Waals surface area contributed by atoms with Crippen LogP contribution in [0.2, 0.25) is 0 Å². The van der Waals surface area contributed by atoms with Crippen molar-refractivity contribution in [2.45, 2.75) is 32.8 Å². The normalized spacial score (nSPS) is 23.9. The molecule has 1 aromatic rings. The van der Waals surface area contributed by atoms with Crippen LogP contribution in [0.5, 0.6) is 5.75 Å². The first-order valence-corrected chi connectivity index (χ1v) is 6.24. The van der Waals surface area contributed by atoms with Crippen molar-refractivity contribution in [1.82, 2.24) is 0 Å². The summed E-state index contributed by atoms with van der Waals surface area (Å²) >= 11 is 0. The maximum Gasteiger partial charge on any atom is 0.122 e. The molecule has 0 heterocycles. The number of aromatic hydroxyl groups is 1. The fraction of sp³-hybridized carbons (Fsp3) is 0.375. The smallest absolute Gasteiger partial charge is 0.122 e. The molecule has 0 spiro atoms. The third-order valence-corrected chi connectivity index (χ3v) is 3.41. The van der Waals surface area contributed by atoms with E-state index in [2.05, 4.69) is 20.8 Å². The third-order valence-electron chi connectivity index (χ3n) is 3.41. The van der Waals surface area contributed by atoms with E-state index in [0.717, 1.165) is 0 Å². The number of allylic oxidation sites excluding steroid dienone is 2. The van der Waals surface area contributed by atoms with Crippen molar-refractivity contribution in [1.29, 1.82) is 0 Å². The lowest BCUT2D eigenvalue weighted by atomic mass is 9.78. The van der Waals surface area contributed by atoms with Gasteiger partial charge in [0.1, 0.15) is 11.4 Å².